The minimum Gasteiger partial charge on any atom is -0.497 e. The van der Waals surface area contributed by atoms with Crippen LogP contribution < -0.4 is 19.3 Å². The van der Waals surface area contributed by atoms with Crippen molar-refractivity contribution < 1.29 is 29.3 Å². The van der Waals surface area contributed by atoms with Gasteiger partial charge in [-0.2, -0.15) is 5.26 Å². The largest absolute Gasteiger partial charge is 0.497 e. The zero-order valence-electron chi connectivity index (χ0n) is 32.9. The van der Waals surface area contributed by atoms with E-state index in [1.54, 1.807) is 55.9 Å². The molecule has 6 aromatic carbocycles. The summed E-state index contributed by atoms with van der Waals surface area (Å²) in [4.78, 5) is 32.4. The Morgan fingerprint density at radius 1 is 0.557 bits per heavy atom. The van der Waals surface area contributed by atoms with Crippen LogP contribution in [0.25, 0.3) is 37.9 Å². The summed E-state index contributed by atoms with van der Waals surface area (Å²) in [6.45, 7) is 7.20. The molecule has 10 nitrogen and oxygen atoms in total. The van der Waals surface area contributed by atoms with Crippen LogP contribution in [-0.2, 0) is 9.59 Å². The van der Waals surface area contributed by atoms with Gasteiger partial charge in [0, 0.05) is 43.9 Å². The number of nitrogens with zero attached hydrogens (tertiary/aromatic N) is 4. The minimum absolute atomic E-state index is 0.376. The summed E-state index contributed by atoms with van der Waals surface area (Å²) < 4.78 is 10.8. The number of carboxylic acid groups (broad SMARTS) is 2. The number of aliphatic carboxylic acids is 2. The van der Waals surface area contributed by atoms with Gasteiger partial charge in [0.25, 0.3) is 5.70 Å². The van der Waals surface area contributed by atoms with Gasteiger partial charge >= 0.3 is 11.9 Å². The lowest BCUT2D eigenvalue weighted by atomic mass is 10.1. The van der Waals surface area contributed by atoms with Crippen molar-refractivity contribution >= 4 is 69.6 Å². The maximum atomic E-state index is 11.4. The van der Waals surface area contributed by atoms with Crippen LogP contribution in [0.5, 0.6) is 11.5 Å². The van der Waals surface area contributed by atoms with E-state index in [-0.39, 0.29) is 5.57 Å². The number of nitriles is 1. The van der Waals surface area contributed by atoms with E-state index in [1.165, 1.54) is 12.2 Å². The van der Waals surface area contributed by atoms with Crippen LogP contribution in [-0.4, -0.2) is 36.4 Å². The van der Waals surface area contributed by atoms with E-state index in [2.05, 4.69) is 58.3 Å². The van der Waals surface area contributed by atoms with Gasteiger partial charge in [-0.3, -0.25) is 4.79 Å². The Morgan fingerprint density at radius 3 is 1.21 bits per heavy atom. The molecule has 0 aliphatic heterocycles. The van der Waals surface area contributed by atoms with Crippen molar-refractivity contribution in [3.63, 3.8) is 0 Å². The zero-order chi connectivity index (χ0) is 42.9. The molecule has 0 unspecified atom stereocenters. The Hall–Kier alpha value is -8.38. The van der Waals surface area contributed by atoms with Crippen molar-refractivity contribution in [1.29, 1.82) is 5.26 Å². The summed E-state index contributed by atoms with van der Waals surface area (Å²) in [5, 5.41) is 27.9. The lowest BCUT2D eigenvalue weighted by Crippen LogP contribution is -2.10. The molecule has 298 valence electrons. The minimum atomic E-state index is -1.31. The Labute approximate surface area is 356 Å². The predicted octanol–water partition coefficient (Wildman–Crippen LogP) is 12.4. The van der Waals surface area contributed by atoms with Gasteiger partial charge < -0.3 is 29.5 Å². The lowest BCUT2D eigenvalue weighted by Gasteiger charge is -2.26. The van der Waals surface area contributed by atoms with Crippen LogP contribution in [0.15, 0.2) is 169 Å². The molecule has 0 saturated heterocycles. The van der Waals surface area contributed by atoms with Gasteiger partial charge in [-0.25, -0.2) is 9.64 Å². The molecule has 0 saturated carbocycles. The number of anilines is 6. The third-order valence-corrected chi connectivity index (χ3v) is 10.9. The van der Waals surface area contributed by atoms with Crippen LogP contribution in [0.3, 0.4) is 0 Å². The number of benzene rings is 6. The van der Waals surface area contributed by atoms with Crippen LogP contribution in [0, 0.1) is 17.9 Å². The molecule has 1 aromatic heterocycles. The molecule has 7 rings (SSSR count). The topological polar surface area (TPSA) is 128 Å². The molecule has 0 radical (unpaired) electrons. The molecule has 0 spiro atoms. The smallest absolute Gasteiger partial charge is 0.346 e. The SMILES string of the molecule is [C-]#[N+]/C(=C\c1ccc(N(c2ccc(/C=C(\C#N)C(=O)O)cc2)c2ccc(-c3ccc(-c4ccc(N(c5ccc(OC)cc5)c5ccc(OC)cc5)cc4)s3)cc2)cc1)C(=O)O. The average Bonchev–Trinajstić information content (AvgIpc) is 3.80. The number of rotatable bonds is 14. The Kier molecular flexibility index (Phi) is 12.4. The fraction of sp³-hybridized carbons (Fsp3) is 0.0400. The normalized spacial score (nSPS) is 11.2. The molecular formula is C50H36N4O6S. The van der Waals surface area contributed by atoms with Gasteiger partial charge in [-0.15, -0.1) is 11.3 Å². The van der Waals surface area contributed by atoms with Crippen molar-refractivity contribution in [2.75, 3.05) is 24.0 Å². The van der Waals surface area contributed by atoms with Gasteiger partial charge in [-0.1, -0.05) is 48.5 Å². The van der Waals surface area contributed by atoms with Crippen molar-refractivity contribution in [3.05, 3.63) is 192 Å². The third kappa shape index (κ3) is 9.35. The number of thiophene rings is 1. The first kappa shape index (κ1) is 40.8. The molecule has 0 bridgehead atoms. The molecular weight excluding hydrogens is 785 g/mol. The number of carboxylic acids is 2. The maximum absolute atomic E-state index is 11.4. The summed E-state index contributed by atoms with van der Waals surface area (Å²) in [6.07, 6.45) is 2.63. The quantitative estimate of drug-likeness (QED) is 0.0626. The van der Waals surface area contributed by atoms with Crippen molar-refractivity contribution in [2.24, 2.45) is 0 Å². The van der Waals surface area contributed by atoms with E-state index in [0.717, 1.165) is 66.5 Å². The fourth-order valence-electron chi connectivity index (χ4n) is 6.60. The molecule has 7 aromatic rings. The fourth-order valence-corrected chi connectivity index (χ4v) is 7.62. The number of ether oxygens (including phenoxy) is 2. The van der Waals surface area contributed by atoms with Gasteiger partial charge in [0.2, 0.25) is 0 Å². The van der Waals surface area contributed by atoms with Gasteiger partial charge in [0.15, 0.2) is 0 Å². The van der Waals surface area contributed by atoms with E-state index in [1.807, 2.05) is 89.8 Å². The highest BCUT2D eigenvalue weighted by atomic mass is 32.1. The maximum Gasteiger partial charge on any atom is 0.346 e. The second kappa shape index (κ2) is 18.5. The van der Waals surface area contributed by atoms with Gasteiger partial charge in [0.1, 0.15) is 23.1 Å². The number of hydrogen-bond acceptors (Lipinski definition) is 8. The molecule has 61 heavy (non-hydrogen) atoms. The lowest BCUT2D eigenvalue weighted by molar-refractivity contribution is -0.133. The summed E-state index contributed by atoms with van der Waals surface area (Å²) in [6, 6.07) is 52.7. The summed E-state index contributed by atoms with van der Waals surface area (Å²) in [5.74, 6) is -1.05. The summed E-state index contributed by atoms with van der Waals surface area (Å²) in [7, 11) is 3.31. The van der Waals surface area contributed by atoms with Crippen LogP contribution >= 0.6 is 11.3 Å². The number of carbonyl (C=O) groups is 2. The summed E-state index contributed by atoms with van der Waals surface area (Å²) >= 11 is 1.69. The van der Waals surface area contributed by atoms with Crippen LogP contribution in [0.1, 0.15) is 11.1 Å². The Morgan fingerprint density at radius 2 is 0.902 bits per heavy atom. The summed E-state index contributed by atoms with van der Waals surface area (Å²) in [5.41, 5.74) is 7.76. The molecule has 0 fully saturated rings. The Balaban J connectivity index is 1.16. The molecule has 2 N–H and O–H groups in total. The number of hydrogen-bond donors (Lipinski definition) is 2. The Bertz CT molecular complexity index is 2680. The molecule has 1 heterocycles. The van der Waals surface area contributed by atoms with Crippen molar-refractivity contribution in [2.45, 2.75) is 0 Å². The van der Waals surface area contributed by atoms with E-state index in [0.29, 0.717) is 11.1 Å². The highest BCUT2D eigenvalue weighted by Crippen LogP contribution is 2.41. The monoisotopic (exact) mass is 820 g/mol. The van der Waals surface area contributed by atoms with E-state index in [4.69, 9.17) is 16.0 Å². The molecule has 0 atom stereocenters. The zero-order valence-corrected chi connectivity index (χ0v) is 33.7. The van der Waals surface area contributed by atoms with E-state index < -0.39 is 17.6 Å². The van der Waals surface area contributed by atoms with Gasteiger partial charge in [0.05, 0.1) is 20.8 Å². The van der Waals surface area contributed by atoms with Gasteiger partial charge in [-0.05, 0) is 144 Å². The van der Waals surface area contributed by atoms with Crippen molar-refractivity contribution in [1.82, 2.24) is 0 Å². The van der Waals surface area contributed by atoms with E-state index in [9.17, 15) is 25.1 Å². The first-order valence-electron chi connectivity index (χ1n) is 18.7. The second-order valence-electron chi connectivity index (χ2n) is 13.4. The molecule has 11 heteroatoms. The van der Waals surface area contributed by atoms with Crippen molar-refractivity contribution in [3.8, 4) is 38.4 Å². The molecule has 0 aliphatic carbocycles. The molecule has 0 amide bonds. The van der Waals surface area contributed by atoms with E-state index >= 15 is 0 Å². The first-order chi connectivity index (χ1) is 29.7. The average molecular weight is 821 g/mol. The number of methoxy groups -OCH3 is 2. The first-order valence-corrected chi connectivity index (χ1v) is 19.6. The highest BCUT2D eigenvalue weighted by Gasteiger charge is 2.17. The second-order valence-corrected chi connectivity index (χ2v) is 14.5. The highest BCUT2D eigenvalue weighted by molar-refractivity contribution is 7.18. The predicted molar refractivity (Wildman–Crippen MR) is 241 cm³/mol. The van der Waals surface area contributed by atoms with Crippen LogP contribution in [0.4, 0.5) is 34.1 Å². The molecule has 0 aliphatic rings. The van der Waals surface area contributed by atoms with Crippen LogP contribution in [0.2, 0.25) is 0 Å². The third-order valence-electron chi connectivity index (χ3n) is 9.69. The standard InChI is InChI=1S/C50H36N4O6S/c1-52-46(50(57)58)31-34-6-14-39(15-7-34)53(38-12-4-33(5-13-38)30-37(32-51)49(55)56)40-16-8-35(9-17-40)47-28-29-48(61-47)36-10-18-41(19-11-36)54(42-20-24-44(59-2)25-21-42)43-22-26-45(60-3)27-23-43/h4-31H,2-3H3,(H,55,56)(H,57,58)/b37-30+,46-31-.